The summed E-state index contributed by atoms with van der Waals surface area (Å²) >= 11 is 5.67. The van der Waals surface area contributed by atoms with Crippen LogP contribution >= 0.6 is 11.6 Å². The normalized spacial score (nSPS) is 11.2. The molecular formula is C11H9ClN2O3S. The zero-order valence-electron chi connectivity index (χ0n) is 9.37. The Hall–Kier alpha value is -1.66. The summed E-state index contributed by atoms with van der Waals surface area (Å²) in [6.07, 6.45) is 3.89. The minimum atomic E-state index is -3.27. The van der Waals surface area contributed by atoms with Crippen LogP contribution in [0.5, 0.6) is 11.6 Å². The first kappa shape index (κ1) is 12.8. The van der Waals surface area contributed by atoms with Gasteiger partial charge in [-0.3, -0.25) is 4.98 Å². The van der Waals surface area contributed by atoms with Crippen LogP contribution in [-0.2, 0) is 9.84 Å². The van der Waals surface area contributed by atoms with Gasteiger partial charge in [-0.25, -0.2) is 8.42 Å². The number of hydrogen-bond donors (Lipinski definition) is 0. The van der Waals surface area contributed by atoms with Crippen LogP contribution in [0.4, 0.5) is 0 Å². The number of sulfone groups is 1. The Labute approximate surface area is 109 Å². The summed E-state index contributed by atoms with van der Waals surface area (Å²) in [5.74, 6) is 0.558. The quantitative estimate of drug-likeness (QED) is 0.865. The van der Waals surface area contributed by atoms with Crippen molar-refractivity contribution in [3.63, 3.8) is 0 Å². The van der Waals surface area contributed by atoms with Crippen molar-refractivity contribution in [3.05, 3.63) is 41.8 Å². The lowest BCUT2D eigenvalue weighted by Gasteiger charge is -2.05. The second-order valence-electron chi connectivity index (χ2n) is 3.53. The van der Waals surface area contributed by atoms with E-state index in [1.165, 1.54) is 24.5 Å². The number of benzene rings is 1. The molecule has 0 radical (unpaired) electrons. The summed E-state index contributed by atoms with van der Waals surface area (Å²) in [5.41, 5.74) is 0. The van der Waals surface area contributed by atoms with Gasteiger partial charge in [0.2, 0.25) is 5.88 Å². The second kappa shape index (κ2) is 4.91. The van der Waals surface area contributed by atoms with Crippen LogP contribution in [0.2, 0.25) is 5.15 Å². The monoisotopic (exact) mass is 284 g/mol. The van der Waals surface area contributed by atoms with E-state index in [1.54, 1.807) is 12.1 Å². The lowest BCUT2D eigenvalue weighted by molar-refractivity contribution is 0.458. The van der Waals surface area contributed by atoms with E-state index in [2.05, 4.69) is 9.97 Å². The molecule has 0 spiro atoms. The van der Waals surface area contributed by atoms with E-state index in [9.17, 15) is 8.42 Å². The Morgan fingerprint density at radius 3 is 2.72 bits per heavy atom. The van der Waals surface area contributed by atoms with Crippen molar-refractivity contribution in [1.29, 1.82) is 0 Å². The molecule has 0 saturated carbocycles. The third kappa shape index (κ3) is 3.18. The molecule has 2 aromatic rings. The molecule has 0 aliphatic rings. The highest BCUT2D eigenvalue weighted by Gasteiger charge is 2.08. The summed E-state index contributed by atoms with van der Waals surface area (Å²) in [4.78, 5) is 7.88. The average molecular weight is 285 g/mol. The highest BCUT2D eigenvalue weighted by Crippen LogP contribution is 2.22. The van der Waals surface area contributed by atoms with Crippen molar-refractivity contribution in [1.82, 2.24) is 9.97 Å². The minimum Gasteiger partial charge on any atom is -0.437 e. The predicted octanol–water partition coefficient (Wildman–Crippen LogP) is 2.33. The molecule has 1 aromatic carbocycles. The minimum absolute atomic E-state index is 0.176. The van der Waals surface area contributed by atoms with E-state index in [4.69, 9.17) is 16.3 Å². The zero-order chi connectivity index (χ0) is 13.2. The molecule has 7 heteroatoms. The van der Waals surface area contributed by atoms with Gasteiger partial charge in [0.15, 0.2) is 15.0 Å². The van der Waals surface area contributed by atoms with Crippen LogP contribution in [0.25, 0.3) is 0 Å². The molecule has 0 fully saturated rings. The Bertz CT molecular complexity index is 673. The van der Waals surface area contributed by atoms with Crippen LogP contribution in [-0.4, -0.2) is 24.6 Å². The molecule has 94 valence electrons. The summed E-state index contributed by atoms with van der Waals surface area (Å²) in [7, 11) is -3.27. The van der Waals surface area contributed by atoms with Crippen molar-refractivity contribution in [2.45, 2.75) is 4.90 Å². The fraction of sp³-hybridized carbons (Fsp3) is 0.0909. The van der Waals surface area contributed by atoms with E-state index in [1.807, 2.05) is 0 Å². The molecule has 0 unspecified atom stereocenters. The average Bonchev–Trinajstić information content (AvgIpc) is 2.28. The van der Waals surface area contributed by atoms with E-state index >= 15 is 0 Å². The largest absolute Gasteiger partial charge is 0.437 e. The van der Waals surface area contributed by atoms with Crippen LogP contribution in [0.1, 0.15) is 0 Å². The Kier molecular flexibility index (Phi) is 3.49. The van der Waals surface area contributed by atoms with Gasteiger partial charge in [0, 0.05) is 6.26 Å². The van der Waals surface area contributed by atoms with Gasteiger partial charge in [-0.2, -0.15) is 4.98 Å². The molecule has 0 N–H and O–H groups in total. The van der Waals surface area contributed by atoms with Gasteiger partial charge in [0.05, 0.1) is 17.3 Å². The fourth-order valence-electron chi connectivity index (χ4n) is 1.26. The number of nitrogens with zero attached hydrogens (tertiary/aromatic N) is 2. The topological polar surface area (TPSA) is 69.2 Å². The Morgan fingerprint density at radius 1 is 1.28 bits per heavy atom. The number of aromatic nitrogens is 2. The fourth-order valence-corrected chi connectivity index (χ4v) is 2.06. The van der Waals surface area contributed by atoms with Gasteiger partial charge in [0.1, 0.15) is 5.75 Å². The zero-order valence-corrected chi connectivity index (χ0v) is 10.9. The first-order valence-corrected chi connectivity index (χ1v) is 7.17. The third-order valence-electron chi connectivity index (χ3n) is 2.04. The SMILES string of the molecule is CS(=O)(=O)c1cccc(Oc2cncc(Cl)n2)c1. The summed E-state index contributed by atoms with van der Waals surface area (Å²) in [6, 6.07) is 6.12. The van der Waals surface area contributed by atoms with Crippen molar-refractivity contribution >= 4 is 21.4 Å². The molecule has 0 bridgehead atoms. The second-order valence-corrected chi connectivity index (χ2v) is 5.93. The van der Waals surface area contributed by atoms with Crippen molar-refractivity contribution in [3.8, 4) is 11.6 Å². The smallest absolute Gasteiger partial charge is 0.239 e. The number of halogens is 1. The van der Waals surface area contributed by atoms with Gasteiger partial charge in [0.25, 0.3) is 0 Å². The van der Waals surface area contributed by atoms with E-state index < -0.39 is 9.84 Å². The first-order chi connectivity index (χ1) is 8.45. The molecule has 0 amide bonds. The van der Waals surface area contributed by atoms with Gasteiger partial charge >= 0.3 is 0 Å². The van der Waals surface area contributed by atoms with E-state index in [0.717, 1.165) is 6.26 Å². The highest BCUT2D eigenvalue weighted by molar-refractivity contribution is 7.90. The molecule has 0 aliphatic heterocycles. The van der Waals surface area contributed by atoms with E-state index in [-0.39, 0.29) is 15.9 Å². The molecule has 1 aromatic heterocycles. The maximum Gasteiger partial charge on any atom is 0.239 e. The van der Waals surface area contributed by atoms with Gasteiger partial charge < -0.3 is 4.74 Å². The van der Waals surface area contributed by atoms with E-state index in [0.29, 0.717) is 5.75 Å². The lowest BCUT2D eigenvalue weighted by Crippen LogP contribution is -1.97. The Balaban J connectivity index is 2.30. The Morgan fingerprint density at radius 2 is 2.06 bits per heavy atom. The number of rotatable bonds is 3. The van der Waals surface area contributed by atoms with Gasteiger partial charge in [-0.05, 0) is 18.2 Å². The standard InChI is InChI=1S/C11H9ClN2O3S/c1-18(15,16)9-4-2-3-8(5-9)17-11-7-13-6-10(12)14-11/h2-7H,1H3. The van der Waals surface area contributed by atoms with Crippen molar-refractivity contribution in [2.75, 3.05) is 6.26 Å². The maximum absolute atomic E-state index is 11.4. The van der Waals surface area contributed by atoms with Crippen molar-refractivity contribution < 1.29 is 13.2 Å². The third-order valence-corrected chi connectivity index (χ3v) is 3.33. The molecule has 18 heavy (non-hydrogen) atoms. The molecule has 1 heterocycles. The molecule has 0 atom stereocenters. The molecular weight excluding hydrogens is 276 g/mol. The molecule has 0 saturated heterocycles. The lowest BCUT2D eigenvalue weighted by atomic mass is 10.3. The highest BCUT2D eigenvalue weighted by atomic mass is 35.5. The summed E-state index contributed by atoms with van der Waals surface area (Å²) < 4.78 is 28.1. The van der Waals surface area contributed by atoms with Gasteiger partial charge in [-0.15, -0.1) is 0 Å². The molecule has 2 rings (SSSR count). The molecule has 0 aliphatic carbocycles. The number of ether oxygens (including phenoxy) is 1. The first-order valence-electron chi connectivity index (χ1n) is 4.91. The number of hydrogen-bond acceptors (Lipinski definition) is 5. The summed E-state index contributed by atoms with van der Waals surface area (Å²) in [6.45, 7) is 0. The van der Waals surface area contributed by atoms with Crippen LogP contribution in [0.15, 0.2) is 41.6 Å². The predicted molar refractivity (Wildman–Crippen MR) is 66.7 cm³/mol. The summed E-state index contributed by atoms with van der Waals surface area (Å²) in [5, 5.41) is 0.201. The molecule has 5 nitrogen and oxygen atoms in total. The van der Waals surface area contributed by atoms with Crippen molar-refractivity contribution in [2.24, 2.45) is 0 Å². The van der Waals surface area contributed by atoms with Gasteiger partial charge in [-0.1, -0.05) is 17.7 Å². The van der Waals surface area contributed by atoms with Crippen LogP contribution in [0.3, 0.4) is 0 Å². The maximum atomic E-state index is 11.4. The van der Waals surface area contributed by atoms with Crippen LogP contribution < -0.4 is 4.74 Å². The van der Waals surface area contributed by atoms with Crippen LogP contribution in [0, 0.1) is 0 Å².